The Morgan fingerprint density at radius 2 is 1.84 bits per heavy atom. The molecular formula is C16H26N2O. The van der Waals surface area contributed by atoms with E-state index in [2.05, 4.69) is 51.3 Å². The summed E-state index contributed by atoms with van der Waals surface area (Å²) in [7, 11) is 3.64. The number of hydrogen-bond acceptors (Lipinski definition) is 2. The second-order valence-electron chi connectivity index (χ2n) is 6.41. The molecule has 0 aliphatic rings. The molecule has 1 amide bonds. The zero-order valence-electron chi connectivity index (χ0n) is 13.2. The first kappa shape index (κ1) is 15.7. The molecule has 1 aromatic rings. The number of benzene rings is 1. The Bertz CT molecular complexity index is 458. The lowest BCUT2D eigenvalue weighted by molar-refractivity contribution is -0.126. The predicted octanol–water partition coefficient (Wildman–Crippen LogP) is 2.99. The first-order valence-corrected chi connectivity index (χ1v) is 6.71. The summed E-state index contributed by atoms with van der Waals surface area (Å²) in [6, 6.07) is 6.42. The van der Waals surface area contributed by atoms with Crippen LogP contribution in [0.5, 0.6) is 0 Å². The molecule has 0 aliphatic heterocycles. The smallest absolute Gasteiger partial charge is 0.241 e. The standard InChI is InChI=1S/C16H26N2O/c1-11-8-9-13(16(3,4)5)10-14(11)12(2)15(19)17-18(6)7/h8-10,12H,1-7H3,(H,17,19). The molecule has 0 heterocycles. The summed E-state index contributed by atoms with van der Waals surface area (Å²) in [5, 5.41) is 1.68. The summed E-state index contributed by atoms with van der Waals surface area (Å²) in [6.45, 7) is 10.6. The highest BCUT2D eigenvalue weighted by Gasteiger charge is 2.21. The lowest BCUT2D eigenvalue weighted by atomic mass is 9.83. The van der Waals surface area contributed by atoms with Crippen molar-refractivity contribution in [1.82, 2.24) is 10.4 Å². The molecule has 0 bridgehead atoms. The van der Waals surface area contributed by atoms with Crippen LogP contribution in [0.4, 0.5) is 0 Å². The number of carbonyl (C=O) groups excluding carboxylic acids is 1. The van der Waals surface area contributed by atoms with Gasteiger partial charge in [-0.2, -0.15) is 0 Å². The molecule has 0 radical (unpaired) electrons. The van der Waals surface area contributed by atoms with Crippen LogP contribution in [0.15, 0.2) is 18.2 Å². The first-order chi connectivity index (χ1) is 8.62. The molecule has 1 atom stereocenters. The second kappa shape index (κ2) is 5.74. The lowest BCUT2D eigenvalue weighted by Gasteiger charge is -2.23. The zero-order chi connectivity index (χ0) is 14.8. The minimum absolute atomic E-state index is 0.0270. The molecule has 1 rings (SSSR count). The number of carbonyl (C=O) groups is 1. The van der Waals surface area contributed by atoms with E-state index in [0.717, 1.165) is 11.1 Å². The molecule has 0 fully saturated rings. The van der Waals surface area contributed by atoms with Gasteiger partial charge in [0.05, 0.1) is 5.92 Å². The van der Waals surface area contributed by atoms with Crippen molar-refractivity contribution >= 4 is 5.91 Å². The Kier molecular flexibility index (Phi) is 4.75. The maximum atomic E-state index is 12.1. The number of hydrazine groups is 1. The molecule has 0 saturated heterocycles. The van der Waals surface area contributed by atoms with Gasteiger partial charge in [0.15, 0.2) is 0 Å². The van der Waals surface area contributed by atoms with Crippen LogP contribution in [0.3, 0.4) is 0 Å². The molecule has 106 valence electrons. The van der Waals surface area contributed by atoms with E-state index < -0.39 is 0 Å². The Balaban J connectivity index is 3.09. The quantitative estimate of drug-likeness (QED) is 0.849. The number of aryl methyl sites for hydroxylation is 1. The summed E-state index contributed by atoms with van der Waals surface area (Å²) in [4.78, 5) is 12.1. The number of hydrogen-bond donors (Lipinski definition) is 1. The Morgan fingerprint density at radius 3 is 2.32 bits per heavy atom. The van der Waals surface area contributed by atoms with Crippen LogP contribution in [0.25, 0.3) is 0 Å². The van der Waals surface area contributed by atoms with Gasteiger partial charge in [-0.15, -0.1) is 0 Å². The van der Waals surface area contributed by atoms with Crippen molar-refractivity contribution in [1.29, 1.82) is 0 Å². The third-order valence-corrected chi connectivity index (χ3v) is 3.34. The van der Waals surface area contributed by atoms with E-state index >= 15 is 0 Å². The van der Waals surface area contributed by atoms with Crippen LogP contribution in [0, 0.1) is 6.92 Å². The molecule has 19 heavy (non-hydrogen) atoms. The van der Waals surface area contributed by atoms with Crippen molar-refractivity contribution in [3.05, 3.63) is 34.9 Å². The molecule has 0 aliphatic carbocycles. The van der Waals surface area contributed by atoms with Gasteiger partial charge in [-0.1, -0.05) is 39.0 Å². The molecule has 0 saturated carbocycles. The second-order valence-corrected chi connectivity index (χ2v) is 6.41. The van der Waals surface area contributed by atoms with E-state index in [0.29, 0.717) is 0 Å². The maximum Gasteiger partial charge on any atom is 0.241 e. The van der Waals surface area contributed by atoms with E-state index in [1.807, 2.05) is 21.0 Å². The fourth-order valence-electron chi connectivity index (χ4n) is 2.03. The molecule has 3 heteroatoms. The Hall–Kier alpha value is -1.35. The monoisotopic (exact) mass is 262 g/mol. The Labute approximate surface area is 117 Å². The highest BCUT2D eigenvalue weighted by atomic mass is 16.2. The number of amides is 1. The van der Waals surface area contributed by atoms with Crippen LogP contribution in [0.2, 0.25) is 0 Å². The Morgan fingerprint density at radius 1 is 1.26 bits per heavy atom. The van der Waals surface area contributed by atoms with Crippen molar-refractivity contribution in [3.63, 3.8) is 0 Å². The van der Waals surface area contributed by atoms with E-state index in [1.165, 1.54) is 5.56 Å². The summed E-state index contributed by atoms with van der Waals surface area (Å²) in [6.07, 6.45) is 0. The molecule has 0 spiro atoms. The highest BCUT2D eigenvalue weighted by molar-refractivity contribution is 5.83. The van der Waals surface area contributed by atoms with Gasteiger partial charge in [-0.05, 0) is 36.0 Å². The van der Waals surface area contributed by atoms with Crippen LogP contribution >= 0.6 is 0 Å². The fraction of sp³-hybridized carbons (Fsp3) is 0.562. The highest BCUT2D eigenvalue weighted by Crippen LogP contribution is 2.28. The number of nitrogens with zero attached hydrogens (tertiary/aromatic N) is 1. The number of rotatable bonds is 3. The van der Waals surface area contributed by atoms with Gasteiger partial charge in [0.25, 0.3) is 0 Å². The van der Waals surface area contributed by atoms with Crippen molar-refractivity contribution in [2.75, 3.05) is 14.1 Å². The van der Waals surface area contributed by atoms with Crippen LogP contribution < -0.4 is 5.43 Å². The topological polar surface area (TPSA) is 32.3 Å². The zero-order valence-corrected chi connectivity index (χ0v) is 13.2. The summed E-state index contributed by atoms with van der Waals surface area (Å²) in [5.41, 5.74) is 6.44. The number of nitrogens with one attached hydrogen (secondary N) is 1. The van der Waals surface area contributed by atoms with Crippen LogP contribution in [0.1, 0.15) is 50.3 Å². The van der Waals surface area contributed by atoms with Crippen LogP contribution in [-0.4, -0.2) is 25.0 Å². The molecule has 3 nitrogen and oxygen atoms in total. The van der Waals surface area contributed by atoms with Gasteiger partial charge in [0.1, 0.15) is 0 Å². The van der Waals surface area contributed by atoms with Crippen molar-refractivity contribution in [2.45, 2.75) is 46.0 Å². The summed E-state index contributed by atoms with van der Waals surface area (Å²) in [5.74, 6) is -0.121. The van der Waals surface area contributed by atoms with E-state index in [1.54, 1.807) is 5.01 Å². The summed E-state index contributed by atoms with van der Waals surface area (Å²) < 4.78 is 0. The average molecular weight is 262 g/mol. The van der Waals surface area contributed by atoms with Gasteiger partial charge in [0, 0.05) is 14.1 Å². The minimum atomic E-state index is -0.148. The molecule has 1 unspecified atom stereocenters. The molecule has 1 aromatic carbocycles. The summed E-state index contributed by atoms with van der Waals surface area (Å²) >= 11 is 0. The molecule has 0 aromatic heterocycles. The van der Waals surface area contributed by atoms with Crippen LogP contribution in [-0.2, 0) is 10.2 Å². The van der Waals surface area contributed by atoms with E-state index in [4.69, 9.17) is 0 Å². The third-order valence-electron chi connectivity index (χ3n) is 3.34. The van der Waals surface area contributed by atoms with E-state index in [-0.39, 0.29) is 17.2 Å². The predicted molar refractivity (Wildman–Crippen MR) is 80.1 cm³/mol. The molecule has 1 N–H and O–H groups in total. The van der Waals surface area contributed by atoms with Crippen molar-refractivity contribution < 1.29 is 4.79 Å². The molecular weight excluding hydrogens is 236 g/mol. The maximum absolute atomic E-state index is 12.1. The van der Waals surface area contributed by atoms with Crippen molar-refractivity contribution in [2.24, 2.45) is 0 Å². The largest absolute Gasteiger partial charge is 0.289 e. The minimum Gasteiger partial charge on any atom is -0.289 e. The normalized spacial score (nSPS) is 13.5. The first-order valence-electron chi connectivity index (χ1n) is 6.71. The SMILES string of the molecule is Cc1ccc(C(C)(C)C)cc1C(C)C(=O)NN(C)C. The van der Waals surface area contributed by atoms with Gasteiger partial charge in [-0.3, -0.25) is 10.2 Å². The van der Waals surface area contributed by atoms with Gasteiger partial charge < -0.3 is 0 Å². The third kappa shape index (κ3) is 4.06. The van der Waals surface area contributed by atoms with Gasteiger partial charge in [0.2, 0.25) is 5.91 Å². The van der Waals surface area contributed by atoms with Gasteiger partial charge in [-0.25, -0.2) is 5.01 Å². The fourth-order valence-corrected chi connectivity index (χ4v) is 2.03. The average Bonchev–Trinajstić information content (AvgIpc) is 2.26. The van der Waals surface area contributed by atoms with E-state index in [9.17, 15) is 4.79 Å². The van der Waals surface area contributed by atoms with Gasteiger partial charge >= 0.3 is 0 Å². The lowest BCUT2D eigenvalue weighted by Crippen LogP contribution is -2.38. The van der Waals surface area contributed by atoms with Crippen molar-refractivity contribution in [3.8, 4) is 0 Å².